The maximum Gasteiger partial charge on any atom is 0.243 e. The zero-order chi connectivity index (χ0) is 22.6. The van der Waals surface area contributed by atoms with Crippen molar-refractivity contribution in [3.05, 3.63) is 66.1 Å². The van der Waals surface area contributed by atoms with Crippen LogP contribution in [0.5, 0.6) is 0 Å². The third-order valence-corrected chi connectivity index (χ3v) is 7.80. The number of benzene rings is 2. The number of hydrogen-bond donors (Lipinski definition) is 1. The Balaban J connectivity index is 1.40. The van der Waals surface area contributed by atoms with Crippen molar-refractivity contribution in [1.29, 1.82) is 0 Å². The smallest absolute Gasteiger partial charge is 0.243 e. The summed E-state index contributed by atoms with van der Waals surface area (Å²) in [7, 11) is -3.50. The minimum atomic E-state index is -3.50. The van der Waals surface area contributed by atoms with Gasteiger partial charge in [0.2, 0.25) is 15.9 Å². The second-order valence-corrected chi connectivity index (χ2v) is 10.1. The third kappa shape index (κ3) is 5.19. The maximum absolute atomic E-state index is 13.2. The molecule has 0 spiro atoms. The zero-order valence-corrected chi connectivity index (χ0v) is 18.8. The molecule has 6 nitrogen and oxygen atoms in total. The van der Waals surface area contributed by atoms with Crippen LogP contribution in [0.15, 0.2) is 59.6 Å². The zero-order valence-electron chi connectivity index (χ0n) is 18.0. The van der Waals surface area contributed by atoms with Crippen LogP contribution in [0.1, 0.15) is 37.7 Å². The molecule has 4 rings (SSSR count). The highest BCUT2D eigenvalue weighted by Gasteiger charge is 2.25. The number of halogens is 1. The van der Waals surface area contributed by atoms with E-state index in [1.54, 1.807) is 28.6 Å². The lowest BCUT2D eigenvalue weighted by Gasteiger charge is -2.20. The molecule has 1 aromatic heterocycles. The number of fused-ring (bicyclic) bond motifs is 1. The average molecular weight is 458 g/mol. The van der Waals surface area contributed by atoms with Crippen molar-refractivity contribution in [2.24, 2.45) is 0 Å². The number of carbonyl (C=O) groups excluding carboxylic acids is 1. The van der Waals surface area contributed by atoms with Gasteiger partial charge in [0.1, 0.15) is 5.82 Å². The van der Waals surface area contributed by atoms with Gasteiger partial charge < -0.3 is 9.88 Å². The van der Waals surface area contributed by atoms with Crippen molar-refractivity contribution < 1.29 is 17.6 Å². The van der Waals surface area contributed by atoms with Gasteiger partial charge in [0.25, 0.3) is 0 Å². The Morgan fingerprint density at radius 2 is 1.78 bits per heavy atom. The highest BCUT2D eigenvalue weighted by Crippen LogP contribution is 2.25. The minimum absolute atomic E-state index is 0.128. The van der Waals surface area contributed by atoms with E-state index in [9.17, 15) is 17.6 Å². The lowest BCUT2D eigenvalue weighted by Crippen LogP contribution is -2.31. The van der Waals surface area contributed by atoms with E-state index < -0.39 is 10.0 Å². The fraction of sp³-hybridized carbons (Fsp3) is 0.375. The number of nitrogens with zero attached hydrogens (tertiary/aromatic N) is 2. The monoisotopic (exact) mass is 457 g/mol. The van der Waals surface area contributed by atoms with E-state index in [4.69, 9.17) is 0 Å². The molecule has 170 valence electrons. The summed E-state index contributed by atoms with van der Waals surface area (Å²) in [6.07, 6.45) is 6.09. The van der Waals surface area contributed by atoms with Crippen molar-refractivity contribution in [2.75, 3.05) is 13.1 Å². The number of amides is 1. The van der Waals surface area contributed by atoms with E-state index in [-0.39, 0.29) is 24.7 Å². The highest BCUT2D eigenvalue weighted by atomic mass is 32.2. The van der Waals surface area contributed by atoms with E-state index >= 15 is 0 Å². The molecule has 1 aliphatic rings. The van der Waals surface area contributed by atoms with Crippen LogP contribution in [0.4, 0.5) is 4.39 Å². The molecule has 1 fully saturated rings. The number of hydrogen-bond acceptors (Lipinski definition) is 3. The Hall–Kier alpha value is -2.71. The molecule has 0 atom stereocenters. The highest BCUT2D eigenvalue weighted by molar-refractivity contribution is 7.89. The quantitative estimate of drug-likeness (QED) is 0.582. The summed E-state index contributed by atoms with van der Waals surface area (Å²) in [6, 6.07) is 13.2. The van der Waals surface area contributed by atoms with Crippen molar-refractivity contribution in [2.45, 2.75) is 50.1 Å². The summed E-state index contributed by atoms with van der Waals surface area (Å²) in [6.45, 7) is 1.90. The standard InChI is InChI=1S/C24H28FN3O3S/c25-21-7-5-6-19(16-21)18-26-24(29)11-15-27-14-10-20-17-22(8-9-23(20)27)32(30,31)28-12-3-1-2-4-13-28/h5-10,14,16-17H,1-4,11-13,15,18H2,(H,26,29). The number of aryl methyl sites for hydroxylation is 1. The molecule has 0 saturated carbocycles. The van der Waals surface area contributed by atoms with E-state index in [1.807, 2.05) is 22.9 Å². The first-order valence-corrected chi connectivity index (χ1v) is 12.5. The normalized spacial score (nSPS) is 15.5. The molecule has 32 heavy (non-hydrogen) atoms. The molecule has 1 saturated heterocycles. The summed E-state index contributed by atoms with van der Waals surface area (Å²) in [5, 5.41) is 3.64. The Morgan fingerprint density at radius 1 is 1.00 bits per heavy atom. The van der Waals surface area contributed by atoms with Crippen molar-refractivity contribution in [3.8, 4) is 0 Å². The largest absolute Gasteiger partial charge is 0.352 e. The third-order valence-electron chi connectivity index (χ3n) is 5.90. The molecule has 0 bridgehead atoms. The molecule has 1 N–H and O–H groups in total. The summed E-state index contributed by atoms with van der Waals surface area (Å²) in [5.74, 6) is -0.454. The summed E-state index contributed by atoms with van der Waals surface area (Å²) in [4.78, 5) is 12.5. The van der Waals surface area contributed by atoms with Crippen molar-refractivity contribution >= 4 is 26.8 Å². The molecule has 0 aliphatic carbocycles. The number of carbonyl (C=O) groups is 1. The lowest BCUT2D eigenvalue weighted by molar-refractivity contribution is -0.121. The van der Waals surface area contributed by atoms with Gasteiger partial charge >= 0.3 is 0 Å². The summed E-state index contributed by atoms with van der Waals surface area (Å²) in [5.41, 5.74) is 1.60. The Bertz CT molecular complexity index is 1200. The SMILES string of the molecule is O=C(CCn1ccc2cc(S(=O)(=O)N3CCCCCC3)ccc21)NCc1cccc(F)c1. The first-order valence-electron chi connectivity index (χ1n) is 11.0. The van der Waals surface area contributed by atoms with E-state index in [0.717, 1.165) is 36.6 Å². The van der Waals surface area contributed by atoms with Crippen LogP contribution in [0.25, 0.3) is 10.9 Å². The van der Waals surface area contributed by atoms with E-state index in [0.29, 0.717) is 30.1 Å². The second-order valence-electron chi connectivity index (χ2n) is 8.20. The first kappa shape index (κ1) is 22.5. The van der Waals surface area contributed by atoms with Crippen LogP contribution >= 0.6 is 0 Å². The van der Waals surface area contributed by atoms with Gasteiger partial charge in [-0.1, -0.05) is 25.0 Å². The summed E-state index contributed by atoms with van der Waals surface area (Å²) >= 11 is 0. The molecule has 1 amide bonds. The van der Waals surface area contributed by atoms with E-state index in [2.05, 4.69) is 5.32 Å². The molecule has 0 radical (unpaired) electrons. The average Bonchev–Trinajstić information content (AvgIpc) is 2.98. The number of nitrogens with one attached hydrogen (secondary N) is 1. The molecule has 3 aromatic rings. The van der Waals surface area contributed by atoms with Crippen LogP contribution < -0.4 is 5.32 Å². The Morgan fingerprint density at radius 3 is 2.53 bits per heavy atom. The molecular weight excluding hydrogens is 429 g/mol. The van der Waals surface area contributed by atoms with Crippen molar-refractivity contribution in [1.82, 2.24) is 14.2 Å². The molecule has 2 aromatic carbocycles. The van der Waals surface area contributed by atoms with Gasteiger partial charge in [0.15, 0.2) is 0 Å². The molecule has 0 unspecified atom stereocenters. The van der Waals surface area contributed by atoms with Crippen LogP contribution in [0, 0.1) is 5.82 Å². The minimum Gasteiger partial charge on any atom is -0.352 e. The van der Waals surface area contributed by atoms with Gasteiger partial charge in [-0.15, -0.1) is 0 Å². The van der Waals surface area contributed by atoms with Crippen LogP contribution in [0.2, 0.25) is 0 Å². The molecule has 1 aliphatic heterocycles. The predicted molar refractivity (Wildman–Crippen MR) is 122 cm³/mol. The second kappa shape index (κ2) is 9.83. The number of aromatic nitrogens is 1. The number of rotatable bonds is 7. The van der Waals surface area contributed by atoms with E-state index in [1.165, 1.54) is 12.1 Å². The Kier molecular flexibility index (Phi) is 6.91. The lowest BCUT2D eigenvalue weighted by atomic mass is 10.2. The van der Waals surface area contributed by atoms with Gasteiger partial charge in [-0.3, -0.25) is 4.79 Å². The topological polar surface area (TPSA) is 71.4 Å². The van der Waals surface area contributed by atoms with Gasteiger partial charge in [-0.05, 0) is 54.8 Å². The fourth-order valence-corrected chi connectivity index (χ4v) is 5.68. The van der Waals surface area contributed by atoms with Crippen LogP contribution in [-0.4, -0.2) is 36.3 Å². The molecular formula is C24H28FN3O3S. The first-order chi connectivity index (χ1) is 15.4. The van der Waals surface area contributed by atoms with Crippen LogP contribution in [0.3, 0.4) is 0 Å². The summed E-state index contributed by atoms with van der Waals surface area (Å²) < 4.78 is 42.9. The van der Waals surface area contributed by atoms with Gasteiger partial charge in [-0.2, -0.15) is 4.31 Å². The molecule has 8 heteroatoms. The van der Waals surface area contributed by atoms with Crippen LogP contribution in [-0.2, 0) is 27.9 Å². The number of sulfonamides is 1. The van der Waals surface area contributed by atoms with Gasteiger partial charge in [0, 0.05) is 49.7 Å². The predicted octanol–water partition coefficient (Wildman–Crippen LogP) is 4.05. The van der Waals surface area contributed by atoms with Gasteiger partial charge in [-0.25, -0.2) is 12.8 Å². The van der Waals surface area contributed by atoms with Gasteiger partial charge in [0.05, 0.1) is 4.90 Å². The molecule has 2 heterocycles. The maximum atomic E-state index is 13.2. The van der Waals surface area contributed by atoms with Crippen molar-refractivity contribution in [3.63, 3.8) is 0 Å². The Labute approximate surface area is 188 Å². The fourth-order valence-electron chi connectivity index (χ4n) is 4.12.